The molecule has 1 aliphatic rings. The highest BCUT2D eigenvalue weighted by molar-refractivity contribution is 6.08. The zero-order valence-corrected chi connectivity index (χ0v) is 15.6. The van der Waals surface area contributed by atoms with Gasteiger partial charge >= 0.3 is 0 Å². The molecule has 2 heterocycles. The normalized spacial score (nSPS) is 15.0. The average Bonchev–Trinajstić information content (AvgIpc) is 3.00. The van der Waals surface area contributed by atoms with Crippen LogP contribution in [-0.4, -0.2) is 15.3 Å². The van der Waals surface area contributed by atoms with Crippen LogP contribution in [0.4, 0.5) is 0 Å². The number of rotatable bonds is 4. The molecule has 136 valence electrons. The van der Waals surface area contributed by atoms with Gasteiger partial charge in [-0.3, -0.25) is 9.78 Å². The first-order valence-electron chi connectivity index (χ1n) is 9.69. The van der Waals surface area contributed by atoms with E-state index in [1.54, 1.807) is 18.3 Å². The van der Waals surface area contributed by atoms with Gasteiger partial charge in [0.25, 0.3) is 0 Å². The van der Waals surface area contributed by atoms with Gasteiger partial charge in [-0.2, -0.15) is 5.26 Å². The minimum absolute atomic E-state index is 0.204. The first-order valence-corrected chi connectivity index (χ1v) is 9.69. The van der Waals surface area contributed by atoms with Gasteiger partial charge in [0, 0.05) is 24.0 Å². The first kappa shape index (κ1) is 17.5. The highest BCUT2D eigenvalue weighted by Gasteiger charge is 2.25. The second-order valence-corrected chi connectivity index (χ2v) is 7.46. The third kappa shape index (κ3) is 3.26. The molecule has 0 atom stereocenters. The van der Waals surface area contributed by atoms with Crippen molar-refractivity contribution >= 4 is 16.8 Å². The number of carbonyl (C=O) groups is 1. The first-order chi connectivity index (χ1) is 13.2. The van der Waals surface area contributed by atoms with E-state index in [9.17, 15) is 4.79 Å². The van der Waals surface area contributed by atoms with Crippen molar-refractivity contribution in [1.29, 1.82) is 5.26 Å². The van der Waals surface area contributed by atoms with E-state index < -0.39 is 0 Å². The van der Waals surface area contributed by atoms with Crippen LogP contribution < -0.4 is 0 Å². The Kier molecular flexibility index (Phi) is 4.77. The molecule has 1 aromatic carbocycles. The van der Waals surface area contributed by atoms with Crippen molar-refractivity contribution in [3.05, 3.63) is 59.4 Å². The molecule has 1 saturated carbocycles. The smallest absolute Gasteiger partial charge is 0.167 e. The molecular weight excluding hydrogens is 334 g/mol. The maximum atomic E-state index is 13.2. The van der Waals surface area contributed by atoms with Crippen molar-refractivity contribution in [3.63, 3.8) is 0 Å². The van der Waals surface area contributed by atoms with E-state index >= 15 is 0 Å². The minimum atomic E-state index is 0.204. The molecule has 0 N–H and O–H groups in total. The van der Waals surface area contributed by atoms with E-state index in [1.165, 1.54) is 19.3 Å². The molecule has 1 fully saturated rings. The Bertz CT molecular complexity index is 1020. The number of hydrogen-bond acceptors (Lipinski definition) is 3. The summed E-state index contributed by atoms with van der Waals surface area (Å²) in [4.78, 5) is 17.7. The van der Waals surface area contributed by atoms with Gasteiger partial charge in [-0.25, -0.2) is 0 Å². The predicted molar refractivity (Wildman–Crippen MR) is 106 cm³/mol. The standard InChI is InChI=1S/C23H23N3O/c1-16-22(21(27)14-17-6-3-2-4-7-17)23-20(8-5-13-25-23)26(16)19-11-9-18(15-24)10-12-19/h5,8-13,17H,2-4,6-7,14H2,1H3. The summed E-state index contributed by atoms with van der Waals surface area (Å²) < 4.78 is 2.08. The van der Waals surface area contributed by atoms with Crippen molar-refractivity contribution in [1.82, 2.24) is 9.55 Å². The van der Waals surface area contributed by atoms with Crippen LogP contribution in [0.25, 0.3) is 16.7 Å². The van der Waals surface area contributed by atoms with Crippen LogP contribution in [0, 0.1) is 24.2 Å². The van der Waals surface area contributed by atoms with Gasteiger partial charge in [0.15, 0.2) is 5.78 Å². The summed E-state index contributed by atoms with van der Waals surface area (Å²) in [5.74, 6) is 0.707. The number of aromatic nitrogens is 2. The zero-order chi connectivity index (χ0) is 18.8. The number of ketones is 1. The minimum Gasteiger partial charge on any atom is -0.312 e. The summed E-state index contributed by atoms with van der Waals surface area (Å²) >= 11 is 0. The Morgan fingerprint density at radius 1 is 1.19 bits per heavy atom. The van der Waals surface area contributed by atoms with Crippen LogP contribution in [-0.2, 0) is 0 Å². The fraction of sp³-hybridized carbons (Fsp3) is 0.348. The lowest BCUT2D eigenvalue weighted by atomic mass is 9.84. The van der Waals surface area contributed by atoms with Gasteiger partial charge in [-0.05, 0) is 49.2 Å². The van der Waals surface area contributed by atoms with Crippen molar-refractivity contribution in [2.75, 3.05) is 0 Å². The average molecular weight is 357 g/mol. The molecule has 0 aliphatic heterocycles. The van der Waals surface area contributed by atoms with E-state index in [0.717, 1.165) is 40.8 Å². The monoisotopic (exact) mass is 357 g/mol. The van der Waals surface area contributed by atoms with Crippen molar-refractivity contribution < 1.29 is 4.79 Å². The number of pyridine rings is 1. The molecule has 0 saturated heterocycles. The molecule has 0 amide bonds. The molecule has 4 rings (SSSR count). The Labute approximate surface area is 159 Å². The lowest BCUT2D eigenvalue weighted by molar-refractivity contribution is 0.0951. The quantitative estimate of drug-likeness (QED) is 0.591. The maximum Gasteiger partial charge on any atom is 0.167 e. The Balaban J connectivity index is 1.78. The zero-order valence-electron chi connectivity index (χ0n) is 15.6. The number of benzene rings is 1. The summed E-state index contributed by atoms with van der Waals surface area (Å²) in [6, 6.07) is 13.5. The van der Waals surface area contributed by atoms with Crippen LogP contribution in [0.15, 0.2) is 42.6 Å². The predicted octanol–water partition coefficient (Wildman–Crippen LogP) is 5.36. The van der Waals surface area contributed by atoms with Crippen molar-refractivity contribution in [3.8, 4) is 11.8 Å². The van der Waals surface area contributed by atoms with E-state index in [4.69, 9.17) is 5.26 Å². The third-order valence-electron chi connectivity index (χ3n) is 5.69. The fourth-order valence-corrected chi connectivity index (χ4v) is 4.34. The Morgan fingerprint density at radius 2 is 1.93 bits per heavy atom. The van der Waals surface area contributed by atoms with Gasteiger partial charge in [-0.1, -0.05) is 32.1 Å². The second-order valence-electron chi connectivity index (χ2n) is 7.46. The van der Waals surface area contributed by atoms with Gasteiger partial charge in [-0.15, -0.1) is 0 Å². The summed E-state index contributed by atoms with van der Waals surface area (Å²) in [5.41, 5.74) is 4.96. The fourth-order valence-electron chi connectivity index (χ4n) is 4.34. The number of nitrogens with zero attached hydrogens (tertiary/aromatic N) is 3. The molecule has 3 aromatic rings. The highest BCUT2D eigenvalue weighted by atomic mass is 16.1. The molecule has 0 unspecified atom stereocenters. The number of hydrogen-bond donors (Lipinski definition) is 0. The molecule has 4 nitrogen and oxygen atoms in total. The van der Waals surface area contributed by atoms with Crippen LogP contribution in [0.2, 0.25) is 0 Å². The Hall–Kier alpha value is -2.93. The summed E-state index contributed by atoms with van der Waals surface area (Å²) in [7, 11) is 0. The summed E-state index contributed by atoms with van der Waals surface area (Å²) in [5, 5.41) is 9.05. The van der Waals surface area contributed by atoms with Crippen LogP contribution in [0.3, 0.4) is 0 Å². The number of fused-ring (bicyclic) bond motifs is 1. The number of nitriles is 1. The molecular formula is C23H23N3O. The maximum absolute atomic E-state index is 13.2. The van der Waals surface area contributed by atoms with Gasteiger partial charge in [0.1, 0.15) is 0 Å². The second kappa shape index (κ2) is 7.36. The van der Waals surface area contributed by atoms with E-state index in [2.05, 4.69) is 15.6 Å². The summed E-state index contributed by atoms with van der Waals surface area (Å²) in [6.45, 7) is 1.99. The SMILES string of the molecule is Cc1c(C(=O)CC2CCCCC2)c2ncccc2n1-c1ccc(C#N)cc1. The molecule has 2 aromatic heterocycles. The van der Waals surface area contributed by atoms with Gasteiger partial charge in [0.2, 0.25) is 0 Å². The lowest BCUT2D eigenvalue weighted by Gasteiger charge is -2.20. The third-order valence-corrected chi connectivity index (χ3v) is 5.69. The number of carbonyl (C=O) groups excluding carboxylic acids is 1. The van der Waals surface area contributed by atoms with Crippen LogP contribution in [0.1, 0.15) is 60.1 Å². The number of Topliss-reactive ketones (excluding diaryl/α,β-unsaturated/α-hetero) is 1. The molecule has 27 heavy (non-hydrogen) atoms. The summed E-state index contributed by atoms with van der Waals surface area (Å²) in [6.07, 6.45) is 8.46. The largest absolute Gasteiger partial charge is 0.312 e. The van der Waals surface area contributed by atoms with E-state index in [-0.39, 0.29) is 5.78 Å². The van der Waals surface area contributed by atoms with Crippen molar-refractivity contribution in [2.24, 2.45) is 5.92 Å². The molecule has 1 aliphatic carbocycles. The lowest BCUT2D eigenvalue weighted by Crippen LogP contribution is -2.13. The Morgan fingerprint density at radius 3 is 2.63 bits per heavy atom. The van der Waals surface area contributed by atoms with Crippen LogP contribution >= 0.6 is 0 Å². The topological polar surface area (TPSA) is 58.7 Å². The molecule has 0 radical (unpaired) electrons. The van der Waals surface area contributed by atoms with Gasteiger partial charge in [0.05, 0.1) is 28.2 Å². The van der Waals surface area contributed by atoms with Crippen LogP contribution in [0.5, 0.6) is 0 Å². The van der Waals surface area contributed by atoms with E-state index in [1.807, 2.05) is 31.2 Å². The van der Waals surface area contributed by atoms with Gasteiger partial charge < -0.3 is 4.57 Å². The molecule has 4 heteroatoms. The van der Waals surface area contributed by atoms with E-state index in [0.29, 0.717) is 17.9 Å². The van der Waals surface area contributed by atoms with Crippen molar-refractivity contribution in [2.45, 2.75) is 45.4 Å². The molecule has 0 bridgehead atoms. The molecule has 0 spiro atoms. The highest BCUT2D eigenvalue weighted by Crippen LogP contribution is 2.32.